The van der Waals surface area contributed by atoms with Crippen molar-refractivity contribution >= 4 is 5.97 Å². The van der Waals surface area contributed by atoms with E-state index in [4.69, 9.17) is 9.47 Å². The van der Waals surface area contributed by atoms with Crippen molar-refractivity contribution in [3.63, 3.8) is 0 Å². The van der Waals surface area contributed by atoms with Gasteiger partial charge in [0.25, 0.3) is 0 Å². The van der Waals surface area contributed by atoms with Gasteiger partial charge in [0, 0.05) is 0 Å². The lowest BCUT2D eigenvalue weighted by Crippen LogP contribution is -2.52. The van der Waals surface area contributed by atoms with Crippen molar-refractivity contribution < 1.29 is 14.3 Å². The number of carbonyl (C=O) groups is 1. The molecule has 0 spiro atoms. The van der Waals surface area contributed by atoms with Crippen LogP contribution >= 0.6 is 0 Å². The van der Waals surface area contributed by atoms with Gasteiger partial charge in [0.2, 0.25) is 0 Å². The Morgan fingerprint density at radius 3 is 1.64 bits per heavy atom. The molecular formula is C22H38O3. The molecule has 4 rings (SSSR count). The molecule has 144 valence electrons. The third kappa shape index (κ3) is 3.26. The first kappa shape index (κ1) is 19.2. The topological polar surface area (TPSA) is 35.5 Å². The fourth-order valence-corrected chi connectivity index (χ4v) is 6.20. The Morgan fingerprint density at radius 2 is 1.24 bits per heavy atom. The number of carbonyl (C=O) groups excluding carboxylic acids is 1. The summed E-state index contributed by atoms with van der Waals surface area (Å²) in [6.07, 6.45) is 7.07. The van der Waals surface area contributed by atoms with E-state index in [-0.39, 0.29) is 23.6 Å². The Labute approximate surface area is 154 Å². The number of esters is 1. The van der Waals surface area contributed by atoms with Crippen LogP contribution in [-0.4, -0.2) is 18.9 Å². The molecule has 0 heterocycles. The van der Waals surface area contributed by atoms with Crippen molar-refractivity contribution in [3.05, 3.63) is 0 Å². The van der Waals surface area contributed by atoms with Crippen LogP contribution < -0.4 is 0 Å². The average Bonchev–Trinajstić information content (AvgIpc) is 2.45. The molecule has 0 aromatic carbocycles. The quantitative estimate of drug-likeness (QED) is 0.501. The Bertz CT molecular complexity index is 466. The van der Waals surface area contributed by atoms with E-state index in [2.05, 4.69) is 41.5 Å². The molecule has 0 saturated heterocycles. The van der Waals surface area contributed by atoms with Crippen molar-refractivity contribution in [2.75, 3.05) is 6.79 Å². The Balaban J connectivity index is 1.59. The SMILES string of the molecule is CC(C)(C)C(C)(C(=O)OCOC1C2CC3CC(C2)CC1C3)C(C)(C)C. The maximum atomic E-state index is 13.0. The van der Waals surface area contributed by atoms with E-state index in [1.807, 2.05) is 6.92 Å². The van der Waals surface area contributed by atoms with Gasteiger partial charge in [-0.1, -0.05) is 41.5 Å². The molecule has 4 aliphatic rings. The minimum atomic E-state index is -0.562. The molecule has 0 aliphatic heterocycles. The summed E-state index contributed by atoms with van der Waals surface area (Å²) < 4.78 is 11.9. The maximum absolute atomic E-state index is 13.0. The first-order valence-electron chi connectivity index (χ1n) is 10.2. The zero-order valence-electron chi connectivity index (χ0n) is 17.4. The van der Waals surface area contributed by atoms with Gasteiger partial charge in [-0.2, -0.15) is 0 Å². The first-order valence-corrected chi connectivity index (χ1v) is 10.2. The lowest BCUT2D eigenvalue weighted by molar-refractivity contribution is -0.204. The number of hydrogen-bond donors (Lipinski definition) is 0. The van der Waals surface area contributed by atoms with Crippen LogP contribution in [0.15, 0.2) is 0 Å². The first-order chi connectivity index (χ1) is 11.4. The molecule has 0 amide bonds. The van der Waals surface area contributed by atoms with Gasteiger partial charge in [0.05, 0.1) is 11.5 Å². The summed E-state index contributed by atoms with van der Waals surface area (Å²) in [5, 5.41) is 0. The molecule has 3 nitrogen and oxygen atoms in total. The number of ether oxygens (including phenoxy) is 2. The summed E-state index contributed by atoms with van der Waals surface area (Å²) in [6, 6.07) is 0. The lowest BCUT2D eigenvalue weighted by atomic mass is 9.55. The van der Waals surface area contributed by atoms with Crippen LogP contribution in [0.5, 0.6) is 0 Å². The highest BCUT2D eigenvalue weighted by Gasteiger charge is 2.54. The van der Waals surface area contributed by atoms with E-state index >= 15 is 0 Å². The van der Waals surface area contributed by atoms with Gasteiger partial charge in [-0.15, -0.1) is 0 Å². The second-order valence-corrected chi connectivity index (χ2v) is 11.2. The number of rotatable bonds is 4. The minimum Gasteiger partial charge on any atom is -0.438 e. The third-order valence-electron chi connectivity index (χ3n) is 8.00. The summed E-state index contributed by atoms with van der Waals surface area (Å²) >= 11 is 0. The summed E-state index contributed by atoms with van der Waals surface area (Å²) in [6.45, 7) is 14.9. The third-order valence-corrected chi connectivity index (χ3v) is 8.00. The van der Waals surface area contributed by atoms with Gasteiger partial charge >= 0.3 is 5.97 Å². The van der Waals surface area contributed by atoms with Crippen molar-refractivity contribution in [3.8, 4) is 0 Å². The van der Waals surface area contributed by atoms with E-state index in [0.717, 1.165) is 11.8 Å². The van der Waals surface area contributed by atoms with Crippen molar-refractivity contribution in [2.45, 2.75) is 86.7 Å². The summed E-state index contributed by atoms with van der Waals surface area (Å²) in [4.78, 5) is 13.0. The second-order valence-electron chi connectivity index (χ2n) is 11.2. The van der Waals surface area contributed by atoms with E-state index in [9.17, 15) is 4.79 Å². The van der Waals surface area contributed by atoms with Gasteiger partial charge in [0.15, 0.2) is 6.79 Å². The second kappa shape index (κ2) is 6.25. The van der Waals surface area contributed by atoms with Crippen LogP contribution in [0.1, 0.15) is 80.6 Å². The summed E-state index contributed by atoms with van der Waals surface area (Å²) in [7, 11) is 0. The van der Waals surface area contributed by atoms with Gasteiger partial charge in [0.1, 0.15) is 0 Å². The van der Waals surface area contributed by atoms with Gasteiger partial charge in [-0.25, -0.2) is 0 Å². The maximum Gasteiger partial charge on any atom is 0.314 e. The molecule has 0 aromatic heterocycles. The van der Waals surface area contributed by atoms with Crippen LogP contribution in [0.2, 0.25) is 0 Å². The molecule has 4 saturated carbocycles. The molecule has 0 radical (unpaired) electrons. The molecule has 3 heteroatoms. The normalized spacial score (nSPS) is 35.1. The van der Waals surface area contributed by atoms with Crippen LogP contribution in [0, 0.1) is 39.9 Å². The molecule has 25 heavy (non-hydrogen) atoms. The lowest BCUT2D eigenvalue weighted by Gasteiger charge is -2.54. The summed E-state index contributed by atoms with van der Waals surface area (Å²) in [5.74, 6) is 3.15. The van der Waals surface area contributed by atoms with E-state index in [1.54, 1.807) is 0 Å². The van der Waals surface area contributed by atoms with E-state index in [1.165, 1.54) is 32.1 Å². The van der Waals surface area contributed by atoms with Crippen molar-refractivity contribution in [1.29, 1.82) is 0 Å². The van der Waals surface area contributed by atoms with Gasteiger partial charge < -0.3 is 9.47 Å². The predicted molar refractivity (Wildman–Crippen MR) is 99.9 cm³/mol. The average molecular weight is 351 g/mol. The Hall–Kier alpha value is -0.570. The van der Waals surface area contributed by atoms with Gasteiger partial charge in [-0.05, 0) is 73.5 Å². The van der Waals surface area contributed by atoms with Crippen LogP contribution in [0.3, 0.4) is 0 Å². The van der Waals surface area contributed by atoms with Crippen LogP contribution in [0.25, 0.3) is 0 Å². The number of hydrogen-bond acceptors (Lipinski definition) is 3. The Morgan fingerprint density at radius 1 is 0.800 bits per heavy atom. The molecule has 0 atom stereocenters. The van der Waals surface area contributed by atoms with E-state index < -0.39 is 5.41 Å². The molecule has 4 aliphatic carbocycles. The molecule has 0 N–H and O–H groups in total. The standard InChI is InChI=1S/C22H38O3/c1-20(2,3)22(7,21(4,5)6)19(23)25-13-24-18-16-9-14-8-15(11-16)12-17(18)10-14/h14-18H,8-13H2,1-7H3. The van der Waals surface area contributed by atoms with Crippen LogP contribution in [0.4, 0.5) is 0 Å². The smallest absolute Gasteiger partial charge is 0.314 e. The monoisotopic (exact) mass is 350 g/mol. The van der Waals surface area contributed by atoms with Gasteiger partial charge in [-0.3, -0.25) is 4.79 Å². The minimum absolute atomic E-state index is 0.119. The summed E-state index contributed by atoms with van der Waals surface area (Å²) in [5.41, 5.74) is -0.913. The predicted octanol–water partition coefficient (Wildman–Crippen LogP) is 5.43. The fourth-order valence-electron chi connectivity index (χ4n) is 6.20. The molecule has 0 unspecified atom stereocenters. The zero-order valence-corrected chi connectivity index (χ0v) is 17.4. The van der Waals surface area contributed by atoms with Crippen LogP contribution in [-0.2, 0) is 14.3 Å². The molecule has 4 fully saturated rings. The molecule has 4 bridgehead atoms. The Kier molecular flexibility index (Phi) is 4.80. The molecular weight excluding hydrogens is 312 g/mol. The van der Waals surface area contributed by atoms with Crippen molar-refractivity contribution in [1.82, 2.24) is 0 Å². The highest BCUT2D eigenvalue weighted by Crippen LogP contribution is 2.55. The highest BCUT2D eigenvalue weighted by molar-refractivity contribution is 5.78. The largest absolute Gasteiger partial charge is 0.438 e. The zero-order chi connectivity index (χ0) is 18.6. The fraction of sp³-hybridized carbons (Fsp3) is 0.955. The molecule has 0 aromatic rings. The van der Waals surface area contributed by atoms with E-state index in [0.29, 0.717) is 17.9 Å². The highest BCUT2D eigenvalue weighted by atomic mass is 16.7. The van der Waals surface area contributed by atoms with Crippen molar-refractivity contribution in [2.24, 2.45) is 39.9 Å².